The highest BCUT2D eigenvalue weighted by Gasteiger charge is 2.24. The molecule has 0 aliphatic heterocycles. The van der Waals surface area contributed by atoms with Gasteiger partial charge in [-0.25, -0.2) is 0 Å². The summed E-state index contributed by atoms with van der Waals surface area (Å²) in [5, 5.41) is 23.7. The summed E-state index contributed by atoms with van der Waals surface area (Å²) in [7, 11) is 0. The maximum atomic E-state index is 13.1. The van der Waals surface area contributed by atoms with Gasteiger partial charge in [0.2, 0.25) is 5.91 Å². The van der Waals surface area contributed by atoms with Crippen molar-refractivity contribution in [2.24, 2.45) is 0 Å². The van der Waals surface area contributed by atoms with Gasteiger partial charge in [-0.2, -0.15) is 0 Å². The van der Waals surface area contributed by atoms with E-state index < -0.39 is 18.2 Å². The molecule has 6 heteroatoms. The van der Waals surface area contributed by atoms with Crippen molar-refractivity contribution in [3.63, 3.8) is 0 Å². The summed E-state index contributed by atoms with van der Waals surface area (Å²) in [6.07, 6.45) is 54.0. The molecule has 3 N–H and O–H groups in total. The Balaban J connectivity index is 4.35. The zero-order chi connectivity index (χ0) is 43.1. The van der Waals surface area contributed by atoms with Gasteiger partial charge in [0.15, 0.2) is 0 Å². The van der Waals surface area contributed by atoms with Crippen molar-refractivity contribution in [3.05, 3.63) is 24.3 Å². The van der Waals surface area contributed by atoms with Crippen molar-refractivity contribution >= 4 is 11.9 Å². The first kappa shape index (κ1) is 57.3. The second kappa shape index (κ2) is 47.4. The molecule has 0 aromatic heterocycles. The van der Waals surface area contributed by atoms with Gasteiger partial charge in [-0.05, 0) is 51.4 Å². The summed E-state index contributed by atoms with van der Waals surface area (Å²) < 4.78 is 5.90. The second-order valence-electron chi connectivity index (χ2n) is 18.0. The standard InChI is InChI=1S/C53H101NO5/c1-4-7-10-13-16-18-20-22-24-25-26-28-30-32-34-37-40-43-46-53(58)59-49(44-41-38-35-15-12-9-6-3)47-52(57)54-50(48-55)51(56)45-42-39-36-33-31-29-27-23-21-19-17-14-11-8-5-2/h24-26,28,49-51,55-56H,4-23,27,29-48H2,1-3H3,(H,54,57)/b25-24+,28-26+. The first-order valence-electron chi connectivity index (χ1n) is 26.1. The molecule has 0 rings (SSSR count). The average molecular weight is 832 g/mol. The first-order valence-corrected chi connectivity index (χ1v) is 26.1. The highest BCUT2D eigenvalue weighted by atomic mass is 16.5. The van der Waals surface area contributed by atoms with Crippen LogP contribution in [0.1, 0.15) is 278 Å². The molecule has 0 heterocycles. The number of hydrogen-bond donors (Lipinski definition) is 3. The SMILES string of the molecule is CCCCCCCCC/C=C/C=C/CCCCCCCC(=O)OC(CCCCCCCCC)CC(=O)NC(CO)C(O)CCCCCCCCCCCCCCCCC. The smallest absolute Gasteiger partial charge is 0.306 e. The van der Waals surface area contributed by atoms with E-state index in [-0.39, 0.29) is 24.9 Å². The Kier molecular flexibility index (Phi) is 46.1. The van der Waals surface area contributed by atoms with E-state index in [1.807, 2.05) is 0 Å². The molecular formula is C53H101NO5. The van der Waals surface area contributed by atoms with Crippen LogP contribution in [0, 0.1) is 0 Å². The minimum atomic E-state index is -0.785. The van der Waals surface area contributed by atoms with E-state index >= 15 is 0 Å². The number of hydrogen-bond acceptors (Lipinski definition) is 5. The largest absolute Gasteiger partial charge is 0.462 e. The minimum Gasteiger partial charge on any atom is -0.462 e. The Bertz CT molecular complexity index is 935. The maximum Gasteiger partial charge on any atom is 0.306 e. The van der Waals surface area contributed by atoms with E-state index in [1.54, 1.807) is 0 Å². The number of carbonyl (C=O) groups excluding carboxylic acids is 2. The Morgan fingerprint density at radius 3 is 1.25 bits per heavy atom. The fourth-order valence-electron chi connectivity index (χ4n) is 8.07. The third-order valence-electron chi connectivity index (χ3n) is 12.1. The van der Waals surface area contributed by atoms with Crippen LogP contribution in [0.4, 0.5) is 0 Å². The number of esters is 1. The number of carbonyl (C=O) groups is 2. The molecule has 59 heavy (non-hydrogen) atoms. The monoisotopic (exact) mass is 832 g/mol. The molecule has 0 saturated carbocycles. The highest BCUT2D eigenvalue weighted by molar-refractivity contribution is 5.77. The van der Waals surface area contributed by atoms with Crippen molar-refractivity contribution in [3.8, 4) is 0 Å². The van der Waals surface area contributed by atoms with Gasteiger partial charge in [0.1, 0.15) is 6.10 Å². The lowest BCUT2D eigenvalue weighted by molar-refractivity contribution is -0.151. The summed E-state index contributed by atoms with van der Waals surface area (Å²) in [5.74, 6) is -0.484. The zero-order valence-corrected chi connectivity index (χ0v) is 39.7. The van der Waals surface area contributed by atoms with Gasteiger partial charge in [-0.15, -0.1) is 0 Å². The fourth-order valence-corrected chi connectivity index (χ4v) is 8.07. The van der Waals surface area contributed by atoms with Gasteiger partial charge < -0.3 is 20.3 Å². The van der Waals surface area contributed by atoms with E-state index in [9.17, 15) is 19.8 Å². The van der Waals surface area contributed by atoms with E-state index in [0.717, 1.165) is 57.8 Å². The average Bonchev–Trinajstić information content (AvgIpc) is 3.23. The molecule has 0 fully saturated rings. The van der Waals surface area contributed by atoms with Crippen LogP contribution >= 0.6 is 0 Å². The van der Waals surface area contributed by atoms with Gasteiger partial charge in [0, 0.05) is 6.42 Å². The first-order chi connectivity index (χ1) is 29.0. The molecule has 1 amide bonds. The van der Waals surface area contributed by atoms with E-state index in [4.69, 9.17) is 4.74 Å². The normalized spacial score (nSPS) is 13.4. The molecule has 6 nitrogen and oxygen atoms in total. The van der Waals surface area contributed by atoms with Gasteiger partial charge in [-0.3, -0.25) is 9.59 Å². The topological polar surface area (TPSA) is 95.9 Å². The number of amides is 1. The molecule has 0 radical (unpaired) electrons. The van der Waals surface area contributed by atoms with Crippen LogP contribution in [-0.2, 0) is 14.3 Å². The number of aliphatic hydroxyl groups excluding tert-OH is 2. The molecule has 0 bridgehead atoms. The molecular weight excluding hydrogens is 731 g/mol. The molecule has 0 aromatic carbocycles. The van der Waals surface area contributed by atoms with Crippen molar-refractivity contribution in [1.82, 2.24) is 5.32 Å². The van der Waals surface area contributed by atoms with Crippen molar-refractivity contribution < 1.29 is 24.5 Å². The molecule has 0 aromatic rings. The lowest BCUT2D eigenvalue weighted by atomic mass is 10.0. The van der Waals surface area contributed by atoms with E-state index in [0.29, 0.717) is 19.3 Å². The van der Waals surface area contributed by atoms with Crippen molar-refractivity contribution in [1.29, 1.82) is 0 Å². The van der Waals surface area contributed by atoms with Gasteiger partial charge in [0.05, 0.1) is 25.2 Å². The van der Waals surface area contributed by atoms with Crippen LogP contribution in [-0.4, -0.2) is 46.9 Å². The summed E-state index contributed by atoms with van der Waals surface area (Å²) >= 11 is 0. The fraction of sp³-hybridized carbons (Fsp3) is 0.887. The zero-order valence-electron chi connectivity index (χ0n) is 39.7. The van der Waals surface area contributed by atoms with Crippen molar-refractivity contribution in [2.75, 3.05) is 6.61 Å². The quantitative estimate of drug-likeness (QED) is 0.0322. The van der Waals surface area contributed by atoms with E-state index in [1.165, 1.54) is 173 Å². The number of unbranched alkanes of at least 4 members (excludes halogenated alkanes) is 32. The van der Waals surface area contributed by atoms with Crippen LogP contribution < -0.4 is 5.32 Å². The Labute approximate surface area is 367 Å². The summed E-state index contributed by atoms with van der Waals surface area (Å²) in [4.78, 5) is 26.0. The number of ether oxygens (including phenoxy) is 1. The third-order valence-corrected chi connectivity index (χ3v) is 12.1. The predicted octanol–water partition coefficient (Wildman–Crippen LogP) is 15.5. The molecule has 348 valence electrons. The molecule has 3 unspecified atom stereocenters. The molecule has 0 spiro atoms. The Morgan fingerprint density at radius 1 is 0.492 bits per heavy atom. The molecule has 0 aliphatic rings. The lowest BCUT2D eigenvalue weighted by Crippen LogP contribution is -2.46. The van der Waals surface area contributed by atoms with E-state index in [2.05, 4.69) is 50.4 Å². The summed E-state index contributed by atoms with van der Waals surface area (Å²) in [5.41, 5.74) is 0. The molecule has 3 atom stereocenters. The van der Waals surface area contributed by atoms with Crippen LogP contribution in [0.25, 0.3) is 0 Å². The van der Waals surface area contributed by atoms with Gasteiger partial charge in [0.25, 0.3) is 0 Å². The second-order valence-corrected chi connectivity index (χ2v) is 18.0. The van der Waals surface area contributed by atoms with Crippen LogP contribution in [0.2, 0.25) is 0 Å². The Morgan fingerprint density at radius 2 is 0.847 bits per heavy atom. The van der Waals surface area contributed by atoms with Crippen molar-refractivity contribution in [2.45, 2.75) is 296 Å². The van der Waals surface area contributed by atoms with Crippen LogP contribution in [0.15, 0.2) is 24.3 Å². The molecule has 0 aliphatic carbocycles. The highest BCUT2D eigenvalue weighted by Crippen LogP contribution is 2.18. The summed E-state index contributed by atoms with van der Waals surface area (Å²) in [6.45, 7) is 6.46. The summed E-state index contributed by atoms with van der Waals surface area (Å²) in [6, 6.07) is -0.698. The van der Waals surface area contributed by atoms with Crippen LogP contribution in [0.3, 0.4) is 0 Å². The lowest BCUT2D eigenvalue weighted by Gasteiger charge is -2.24. The minimum absolute atomic E-state index is 0.0750. The third kappa shape index (κ3) is 42.8. The maximum absolute atomic E-state index is 13.1. The van der Waals surface area contributed by atoms with Crippen LogP contribution in [0.5, 0.6) is 0 Å². The number of rotatable bonds is 47. The number of aliphatic hydroxyl groups is 2. The van der Waals surface area contributed by atoms with Gasteiger partial charge >= 0.3 is 5.97 Å². The number of nitrogens with one attached hydrogen (secondary N) is 1. The molecule has 0 saturated heterocycles. The predicted molar refractivity (Wildman–Crippen MR) is 255 cm³/mol. The Hall–Kier alpha value is -1.66. The number of allylic oxidation sites excluding steroid dienone is 4. The van der Waals surface area contributed by atoms with Gasteiger partial charge in [-0.1, -0.05) is 238 Å².